The Morgan fingerprint density at radius 2 is 0.816 bits per heavy atom. The average Bonchev–Trinajstić information content (AvgIpc) is 2.94. The highest BCUT2D eigenvalue weighted by Crippen LogP contribution is 2.28. The third-order valence-corrected chi connectivity index (χ3v) is 6.16. The van der Waals surface area contributed by atoms with Crippen LogP contribution in [0.2, 0.25) is 0 Å². The molecule has 5 aromatic rings. The van der Waals surface area contributed by atoms with Crippen molar-refractivity contribution >= 4 is 34.6 Å². The topological polar surface area (TPSA) is 110 Å². The number of benzene rings is 5. The maximum Gasteiger partial charge on any atom is 0.255 e. The first-order valence-electron chi connectivity index (χ1n) is 12.1. The van der Waals surface area contributed by atoms with Crippen LogP contribution in [-0.2, 0) is 0 Å². The summed E-state index contributed by atoms with van der Waals surface area (Å²) in [5.41, 5.74) is 19.3. The van der Waals surface area contributed by atoms with E-state index in [4.69, 9.17) is 11.5 Å². The van der Waals surface area contributed by atoms with Crippen LogP contribution in [0.3, 0.4) is 0 Å². The first-order chi connectivity index (χ1) is 18.4. The zero-order valence-corrected chi connectivity index (χ0v) is 20.5. The van der Waals surface area contributed by atoms with Gasteiger partial charge in [0.25, 0.3) is 11.8 Å². The van der Waals surface area contributed by atoms with Gasteiger partial charge in [0.05, 0.1) is 0 Å². The van der Waals surface area contributed by atoms with Crippen LogP contribution in [0.15, 0.2) is 121 Å². The SMILES string of the molecule is Nc1ccc(C(=O)Nc2ccc(-c3cccc(-c4ccc(NC(=O)c5ccc(N)cc5)cc4)c3)cc2)cc1. The second kappa shape index (κ2) is 10.7. The standard InChI is InChI=1S/C32H26N4O2/c33-27-12-4-23(5-13-27)31(37)35-29-16-8-21(9-17-29)25-2-1-3-26(20-25)22-10-18-30(19-11-22)36-32(38)24-6-14-28(34)15-7-24/h1-20H,33-34H2,(H,35,37)(H,36,38). The van der Waals surface area contributed by atoms with Gasteiger partial charge >= 0.3 is 0 Å². The fourth-order valence-corrected chi connectivity index (χ4v) is 4.05. The third-order valence-electron chi connectivity index (χ3n) is 6.16. The molecule has 0 radical (unpaired) electrons. The fourth-order valence-electron chi connectivity index (χ4n) is 4.05. The van der Waals surface area contributed by atoms with E-state index in [1.807, 2.05) is 66.7 Å². The van der Waals surface area contributed by atoms with Crippen molar-refractivity contribution in [3.8, 4) is 22.3 Å². The average molecular weight is 499 g/mol. The molecule has 0 saturated heterocycles. The summed E-state index contributed by atoms with van der Waals surface area (Å²) in [5.74, 6) is -0.374. The van der Waals surface area contributed by atoms with Crippen LogP contribution in [0.25, 0.3) is 22.3 Å². The van der Waals surface area contributed by atoms with E-state index in [2.05, 4.69) is 16.7 Å². The zero-order chi connectivity index (χ0) is 26.5. The number of hydrogen-bond acceptors (Lipinski definition) is 4. The first kappa shape index (κ1) is 24.3. The number of anilines is 4. The number of carbonyl (C=O) groups excluding carboxylic acids is 2. The van der Waals surface area contributed by atoms with Crippen molar-refractivity contribution in [2.75, 3.05) is 22.1 Å². The van der Waals surface area contributed by atoms with Gasteiger partial charge in [-0.15, -0.1) is 0 Å². The van der Waals surface area contributed by atoms with E-state index < -0.39 is 0 Å². The van der Waals surface area contributed by atoms with Crippen LogP contribution in [0.5, 0.6) is 0 Å². The molecular weight excluding hydrogens is 472 g/mol. The molecule has 6 N–H and O–H groups in total. The lowest BCUT2D eigenvalue weighted by Crippen LogP contribution is -2.11. The van der Waals surface area contributed by atoms with Crippen molar-refractivity contribution in [1.29, 1.82) is 0 Å². The Kier molecular flexibility index (Phi) is 6.87. The number of amides is 2. The molecule has 0 heterocycles. The maximum atomic E-state index is 12.5. The van der Waals surface area contributed by atoms with Gasteiger partial charge in [-0.2, -0.15) is 0 Å². The molecule has 0 bridgehead atoms. The molecule has 0 saturated carbocycles. The molecule has 6 nitrogen and oxygen atoms in total. The smallest absolute Gasteiger partial charge is 0.255 e. The maximum absolute atomic E-state index is 12.5. The van der Waals surface area contributed by atoms with Crippen molar-refractivity contribution in [2.24, 2.45) is 0 Å². The molecule has 0 atom stereocenters. The molecule has 0 aliphatic rings. The quantitative estimate of drug-likeness (QED) is 0.196. The Hall–Kier alpha value is -5.36. The minimum Gasteiger partial charge on any atom is -0.399 e. The first-order valence-corrected chi connectivity index (χ1v) is 12.1. The Morgan fingerprint density at radius 3 is 1.18 bits per heavy atom. The number of nitrogens with one attached hydrogen (secondary N) is 2. The Balaban J connectivity index is 1.26. The number of rotatable bonds is 6. The predicted molar refractivity (Wildman–Crippen MR) is 155 cm³/mol. The van der Waals surface area contributed by atoms with Gasteiger partial charge in [-0.25, -0.2) is 0 Å². The molecule has 186 valence electrons. The Morgan fingerprint density at radius 1 is 0.447 bits per heavy atom. The van der Waals surface area contributed by atoms with Crippen molar-refractivity contribution in [2.45, 2.75) is 0 Å². The van der Waals surface area contributed by atoms with Gasteiger partial charge in [0.15, 0.2) is 0 Å². The van der Waals surface area contributed by atoms with Crippen LogP contribution in [0.4, 0.5) is 22.7 Å². The number of hydrogen-bond donors (Lipinski definition) is 4. The number of carbonyl (C=O) groups is 2. The summed E-state index contributed by atoms with van der Waals surface area (Å²) < 4.78 is 0. The molecule has 5 rings (SSSR count). The lowest BCUT2D eigenvalue weighted by atomic mass is 9.99. The van der Waals surface area contributed by atoms with E-state index >= 15 is 0 Å². The summed E-state index contributed by atoms with van der Waals surface area (Å²) in [5, 5.41) is 5.82. The number of nitrogens with two attached hydrogens (primary N) is 2. The van der Waals surface area contributed by atoms with Gasteiger partial charge in [0, 0.05) is 33.9 Å². The largest absolute Gasteiger partial charge is 0.399 e. The van der Waals surface area contributed by atoms with Crippen molar-refractivity contribution < 1.29 is 9.59 Å². The fraction of sp³-hybridized carbons (Fsp3) is 0. The number of nitrogen functional groups attached to an aromatic ring is 2. The molecular formula is C32H26N4O2. The van der Waals surface area contributed by atoms with Crippen LogP contribution in [0, 0.1) is 0 Å². The lowest BCUT2D eigenvalue weighted by Gasteiger charge is -2.10. The van der Waals surface area contributed by atoms with E-state index in [0.717, 1.165) is 22.3 Å². The lowest BCUT2D eigenvalue weighted by molar-refractivity contribution is 0.101. The molecule has 0 fully saturated rings. The van der Waals surface area contributed by atoms with Crippen LogP contribution >= 0.6 is 0 Å². The second-order valence-corrected chi connectivity index (χ2v) is 8.89. The Bertz CT molecular complexity index is 1460. The van der Waals surface area contributed by atoms with Crippen molar-refractivity contribution in [1.82, 2.24) is 0 Å². The summed E-state index contributed by atoms with van der Waals surface area (Å²) in [6.45, 7) is 0. The molecule has 2 amide bonds. The minimum absolute atomic E-state index is 0.187. The molecule has 0 aromatic heterocycles. The van der Waals surface area contributed by atoms with Gasteiger partial charge in [-0.1, -0.05) is 42.5 Å². The Labute approximate surface area is 220 Å². The molecule has 5 aromatic carbocycles. The van der Waals surface area contributed by atoms with Gasteiger partial charge < -0.3 is 22.1 Å². The summed E-state index contributed by atoms with van der Waals surface area (Å²) in [7, 11) is 0. The van der Waals surface area contributed by atoms with Gasteiger partial charge in [-0.3, -0.25) is 9.59 Å². The van der Waals surface area contributed by atoms with E-state index in [0.29, 0.717) is 33.9 Å². The van der Waals surface area contributed by atoms with E-state index in [1.165, 1.54) is 0 Å². The van der Waals surface area contributed by atoms with E-state index in [-0.39, 0.29) is 11.8 Å². The van der Waals surface area contributed by atoms with E-state index in [1.54, 1.807) is 48.5 Å². The highest BCUT2D eigenvalue weighted by atomic mass is 16.2. The minimum atomic E-state index is -0.187. The highest BCUT2D eigenvalue weighted by Gasteiger charge is 2.08. The third kappa shape index (κ3) is 5.71. The molecule has 38 heavy (non-hydrogen) atoms. The normalized spacial score (nSPS) is 10.5. The predicted octanol–water partition coefficient (Wildman–Crippen LogP) is 6.69. The van der Waals surface area contributed by atoms with Crippen LogP contribution in [-0.4, -0.2) is 11.8 Å². The zero-order valence-electron chi connectivity index (χ0n) is 20.5. The van der Waals surface area contributed by atoms with Crippen LogP contribution in [0.1, 0.15) is 20.7 Å². The molecule has 6 heteroatoms. The summed E-state index contributed by atoms with van der Waals surface area (Å²) in [6, 6.07) is 37.3. The van der Waals surface area contributed by atoms with Crippen molar-refractivity contribution in [3.63, 3.8) is 0 Å². The van der Waals surface area contributed by atoms with Crippen molar-refractivity contribution in [3.05, 3.63) is 132 Å². The van der Waals surface area contributed by atoms with Gasteiger partial charge in [0.2, 0.25) is 0 Å². The molecule has 0 unspecified atom stereocenters. The van der Waals surface area contributed by atoms with Gasteiger partial charge in [0.1, 0.15) is 0 Å². The highest BCUT2D eigenvalue weighted by molar-refractivity contribution is 6.05. The summed E-state index contributed by atoms with van der Waals surface area (Å²) in [6.07, 6.45) is 0. The summed E-state index contributed by atoms with van der Waals surface area (Å²) >= 11 is 0. The van der Waals surface area contributed by atoms with E-state index in [9.17, 15) is 9.59 Å². The molecule has 0 aliphatic carbocycles. The monoisotopic (exact) mass is 498 g/mol. The second-order valence-electron chi connectivity index (χ2n) is 8.89. The molecule has 0 aliphatic heterocycles. The van der Waals surface area contributed by atoms with Gasteiger partial charge in [-0.05, 0) is 101 Å². The van der Waals surface area contributed by atoms with Crippen LogP contribution < -0.4 is 22.1 Å². The summed E-state index contributed by atoms with van der Waals surface area (Å²) in [4.78, 5) is 24.9. The molecule has 0 spiro atoms.